The van der Waals surface area contributed by atoms with Crippen LogP contribution in [-0.4, -0.2) is 23.4 Å². The molecule has 0 aromatic heterocycles. The van der Waals surface area contributed by atoms with Crippen molar-refractivity contribution in [1.29, 1.82) is 0 Å². The Morgan fingerprint density at radius 2 is 1.77 bits per heavy atom. The molecule has 134 valence electrons. The molecule has 2 N–H and O–H groups in total. The number of aliphatic hydroxyl groups excluding tert-OH is 1. The number of Topliss-reactive ketones (excluding diaryl/α,β-unsaturated/α-hetero) is 1. The third kappa shape index (κ3) is 3.58. The molecule has 3 rings (SSSR count). The molecule has 5 nitrogen and oxygen atoms in total. The molecule has 26 heavy (non-hydrogen) atoms. The Bertz CT molecular complexity index is 856. The van der Waals surface area contributed by atoms with Crippen molar-refractivity contribution >= 4 is 29.1 Å². The third-order valence-corrected chi connectivity index (χ3v) is 4.33. The number of halogens is 1. The lowest BCUT2D eigenvalue weighted by molar-refractivity contribution is -0.133. The Labute approximate surface area is 156 Å². The van der Waals surface area contributed by atoms with Gasteiger partial charge in [0.05, 0.1) is 18.2 Å². The van der Waals surface area contributed by atoms with Crippen LogP contribution in [0.3, 0.4) is 0 Å². The van der Waals surface area contributed by atoms with Crippen molar-refractivity contribution in [3.05, 3.63) is 70.3 Å². The zero-order valence-corrected chi connectivity index (χ0v) is 14.9. The molecule has 1 amide bonds. The first-order chi connectivity index (χ1) is 12.5. The minimum atomic E-state index is -0.742. The van der Waals surface area contributed by atoms with Crippen molar-refractivity contribution in [2.75, 3.05) is 6.61 Å². The average molecular weight is 372 g/mol. The summed E-state index contributed by atoms with van der Waals surface area (Å²) < 4.78 is 5.51. The van der Waals surface area contributed by atoms with E-state index in [4.69, 9.17) is 16.3 Å². The molecule has 0 unspecified atom stereocenters. The molecule has 6 heteroatoms. The zero-order chi connectivity index (χ0) is 18.7. The molecule has 1 aliphatic heterocycles. The molecule has 1 atom stereocenters. The summed E-state index contributed by atoms with van der Waals surface area (Å²) in [6.45, 7) is 2.61. The molecular formula is C20H18ClNO4. The van der Waals surface area contributed by atoms with Crippen molar-refractivity contribution in [2.24, 2.45) is 0 Å². The highest BCUT2D eigenvalue weighted by atomic mass is 35.5. The second-order valence-electron chi connectivity index (χ2n) is 5.92. The van der Waals surface area contributed by atoms with Gasteiger partial charge in [-0.25, -0.2) is 0 Å². The highest BCUT2D eigenvalue weighted by Gasteiger charge is 2.39. The molecule has 1 fully saturated rings. The van der Waals surface area contributed by atoms with E-state index in [1.165, 1.54) is 0 Å². The molecule has 1 aliphatic rings. The number of carbonyl (C=O) groups excluding carboxylic acids is 2. The van der Waals surface area contributed by atoms with Crippen LogP contribution in [0.5, 0.6) is 5.75 Å². The van der Waals surface area contributed by atoms with Gasteiger partial charge in [-0.1, -0.05) is 30.7 Å². The van der Waals surface area contributed by atoms with Crippen LogP contribution in [0.25, 0.3) is 5.76 Å². The van der Waals surface area contributed by atoms with Gasteiger partial charge in [-0.05, 0) is 48.4 Å². The van der Waals surface area contributed by atoms with Crippen LogP contribution < -0.4 is 10.1 Å². The van der Waals surface area contributed by atoms with E-state index >= 15 is 0 Å². The largest absolute Gasteiger partial charge is 0.507 e. The Morgan fingerprint density at radius 1 is 1.12 bits per heavy atom. The number of benzene rings is 2. The molecule has 1 saturated heterocycles. The third-order valence-electron chi connectivity index (χ3n) is 4.07. The number of hydrogen-bond donors (Lipinski definition) is 2. The second-order valence-corrected chi connectivity index (χ2v) is 6.36. The van der Waals surface area contributed by atoms with Crippen molar-refractivity contribution in [3.63, 3.8) is 0 Å². The summed E-state index contributed by atoms with van der Waals surface area (Å²) in [5.41, 5.74) is 1.13. The molecule has 2 aromatic carbocycles. The fourth-order valence-electron chi connectivity index (χ4n) is 2.76. The Hall–Kier alpha value is -2.79. The van der Waals surface area contributed by atoms with Gasteiger partial charge in [0.1, 0.15) is 11.5 Å². The van der Waals surface area contributed by atoms with Gasteiger partial charge in [0.25, 0.3) is 11.7 Å². The van der Waals surface area contributed by atoms with Gasteiger partial charge >= 0.3 is 0 Å². The molecule has 0 bridgehead atoms. The van der Waals surface area contributed by atoms with Crippen LogP contribution in [-0.2, 0) is 9.59 Å². The highest BCUT2D eigenvalue weighted by molar-refractivity contribution is 6.46. The van der Waals surface area contributed by atoms with Crippen LogP contribution in [0.15, 0.2) is 54.1 Å². The number of carbonyl (C=O) groups is 2. The number of nitrogens with one attached hydrogen (secondary N) is 1. The predicted molar refractivity (Wildman–Crippen MR) is 99.1 cm³/mol. The van der Waals surface area contributed by atoms with Gasteiger partial charge < -0.3 is 15.2 Å². The molecule has 0 aliphatic carbocycles. The second kappa shape index (κ2) is 7.62. The van der Waals surface area contributed by atoms with Gasteiger partial charge in [-0.3, -0.25) is 9.59 Å². The molecule has 2 aromatic rings. The van der Waals surface area contributed by atoms with Gasteiger partial charge in [-0.2, -0.15) is 0 Å². The maximum Gasteiger partial charge on any atom is 0.293 e. The summed E-state index contributed by atoms with van der Waals surface area (Å²) >= 11 is 5.89. The van der Waals surface area contributed by atoms with Gasteiger partial charge in [0.2, 0.25) is 0 Å². The summed E-state index contributed by atoms with van der Waals surface area (Å²) in [7, 11) is 0. The lowest BCUT2D eigenvalue weighted by Gasteiger charge is -2.14. The van der Waals surface area contributed by atoms with Gasteiger partial charge in [0, 0.05) is 10.6 Å². The first-order valence-corrected chi connectivity index (χ1v) is 8.66. The maximum atomic E-state index is 12.3. The van der Waals surface area contributed by atoms with Crippen molar-refractivity contribution in [2.45, 2.75) is 19.4 Å². The first kappa shape index (κ1) is 18.0. The Balaban J connectivity index is 1.97. The molecular weight excluding hydrogens is 354 g/mol. The van der Waals surface area contributed by atoms with Gasteiger partial charge in [0.15, 0.2) is 0 Å². The first-order valence-electron chi connectivity index (χ1n) is 8.28. The number of rotatable bonds is 5. The van der Waals surface area contributed by atoms with E-state index in [0.717, 1.165) is 6.42 Å². The summed E-state index contributed by atoms with van der Waals surface area (Å²) in [5.74, 6) is -1.03. The van der Waals surface area contributed by atoms with Crippen LogP contribution >= 0.6 is 11.6 Å². The normalized spacial score (nSPS) is 18.6. The topological polar surface area (TPSA) is 75.6 Å². The van der Waals surface area contributed by atoms with E-state index in [2.05, 4.69) is 5.32 Å². The highest BCUT2D eigenvalue weighted by Crippen LogP contribution is 2.33. The average Bonchev–Trinajstić information content (AvgIpc) is 2.95. The van der Waals surface area contributed by atoms with Crippen molar-refractivity contribution in [3.8, 4) is 5.75 Å². The maximum absolute atomic E-state index is 12.3. The van der Waals surface area contributed by atoms with Gasteiger partial charge in [-0.15, -0.1) is 0 Å². The predicted octanol–water partition coefficient (Wildman–Crippen LogP) is 3.84. The summed E-state index contributed by atoms with van der Waals surface area (Å²) in [5, 5.41) is 13.8. The van der Waals surface area contributed by atoms with Crippen molar-refractivity contribution in [1.82, 2.24) is 5.32 Å². The summed E-state index contributed by atoms with van der Waals surface area (Å²) in [4.78, 5) is 24.2. The Kier molecular flexibility index (Phi) is 5.28. The number of ketones is 1. The standard InChI is InChI=1S/C20H18ClNO4/c1-2-11-26-15-9-5-13(6-10-15)18(23)16-17(22-20(25)19(16)24)12-3-7-14(21)8-4-12/h3-10,17,23H,2,11H2,1H3,(H,22,25)/t17-/m1/s1. The quantitative estimate of drug-likeness (QED) is 0.475. The minimum Gasteiger partial charge on any atom is -0.507 e. The smallest absolute Gasteiger partial charge is 0.293 e. The zero-order valence-electron chi connectivity index (χ0n) is 14.2. The fraction of sp³-hybridized carbons (Fsp3) is 0.200. The molecule has 0 saturated carbocycles. The lowest BCUT2D eigenvalue weighted by Crippen LogP contribution is -2.21. The van der Waals surface area contributed by atoms with Crippen LogP contribution in [0.2, 0.25) is 5.02 Å². The number of ether oxygens (including phenoxy) is 1. The van der Waals surface area contributed by atoms with Crippen molar-refractivity contribution < 1.29 is 19.4 Å². The van der Waals surface area contributed by atoms with E-state index < -0.39 is 17.7 Å². The molecule has 0 radical (unpaired) electrons. The fourth-order valence-corrected chi connectivity index (χ4v) is 2.88. The minimum absolute atomic E-state index is 0.0274. The SMILES string of the molecule is CCCOc1ccc(C(O)=C2C(=O)C(=O)N[C@@H]2c2ccc(Cl)cc2)cc1. The van der Waals surface area contributed by atoms with Crippen LogP contribution in [0, 0.1) is 0 Å². The lowest BCUT2D eigenvalue weighted by atomic mass is 9.96. The number of amides is 1. The number of aliphatic hydroxyl groups is 1. The van der Waals surface area contributed by atoms with Crippen LogP contribution in [0.4, 0.5) is 0 Å². The van der Waals surface area contributed by atoms with E-state index in [9.17, 15) is 14.7 Å². The Morgan fingerprint density at radius 3 is 2.38 bits per heavy atom. The molecule has 1 heterocycles. The summed E-state index contributed by atoms with van der Waals surface area (Å²) in [6.07, 6.45) is 0.891. The van der Waals surface area contributed by atoms with Crippen LogP contribution in [0.1, 0.15) is 30.5 Å². The van der Waals surface area contributed by atoms with E-state index in [1.807, 2.05) is 6.92 Å². The molecule has 0 spiro atoms. The van der Waals surface area contributed by atoms with E-state index in [-0.39, 0.29) is 11.3 Å². The van der Waals surface area contributed by atoms with E-state index in [0.29, 0.717) is 28.5 Å². The summed E-state index contributed by atoms with van der Waals surface area (Å²) in [6, 6.07) is 12.8. The monoisotopic (exact) mass is 371 g/mol. The number of hydrogen-bond acceptors (Lipinski definition) is 4. The van der Waals surface area contributed by atoms with E-state index in [1.54, 1.807) is 48.5 Å².